The van der Waals surface area contributed by atoms with Gasteiger partial charge in [-0.05, 0) is 19.1 Å². The third kappa shape index (κ3) is 2.68. The van der Waals surface area contributed by atoms with Gasteiger partial charge in [0.25, 0.3) is 0 Å². The van der Waals surface area contributed by atoms with Crippen molar-refractivity contribution in [1.82, 2.24) is 24.1 Å². The standard InChI is InChI=1S/C12H13ClN6/c1-9(6-18-5-4-14-8-18)15-12-16-11-3-2-10(13)7-19(11)17-12/h2-5,7-9H,6H2,1H3,(H,15,17). The number of anilines is 1. The largest absolute Gasteiger partial charge is 0.349 e. The quantitative estimate of drug-likeness (QED) is 0.793. The van der Waals surface area contributed by atoms with Crippen molar-refractivity contribution in [1.29, 1.82) is 0 Å². The van der Waals surface area contributed by atoms with Crippen LogP contribution in [-0.4, -0.2) is 30.2 Å². The molecule has 0 bridgehead atoms. The number of hydrogen-bond donors (Lipinski definition) is 1. The highest BCUT2D eigenvalue weighted by atomic mass is 35.5. The van der Waals surface area contributed by atoms with Gasteiger partial charge in [-0.15, -0.1) is 5.10 Å². The predicted molar refractivity (Wildman–Crippen MR) is 73.3 cm³/mol. The molecule has 0 spiro atoms. The molecule has 3 aromatic heterocycles. The summed E-state index contributed by atoms with van der Waals surface area (Å²) in [5.41, 5.74) is 0.765. The second-order valence-corrected chi connectivity index (χ2v) is 4.83. The molecule has 0 saturated carbocycles. The number of imidazole rings is 1. The van der Waals surface area contributed by atoms with Gasteiger partial charge in [0.1, 0.15) is 0 Å². The molecule has 1 N–H and O–H groups in total. The van der Waals surface area contributed by atoms with Gasteiger partial charge in [0, 0.05) is 31.2 Å². The molecule has 0 aliphatic rings. The van der Waals surface area contributed by atoms with Crippen molar-refractivity contribution in [3.8, 4) is 0 Å². The van der Waals surface area contributed by atoms with Crippen molar-refractivity contribution < 1.29 is 0 Å². The molecule has 0 radical (unpaired) electrons. The van der Waals surface area contributed by atoms with E-state index in [2.05, 4.69) is 27.3 Å². The van der Waals surface area contributed by atoms with Crippen LogP contribution in [0.15, 0.2) is 37.1 Å². The lowest BCUT2D eigenvalue weighted by Gasteiger charge is -2.12. The van der Waals surface area contributed by atoms with Crippen LogP contribution in [0.3, 0.4) is 0 Å². The zero-order chi connectivity index (χ0) is 13.2. The van der Waals surface area contributed by atoms with Crippen molar-refractivity contribution in [3.05, 3.63) is 42.1 Å². The number of hydrogen-bond acceptors (Lipinski definition) is 4. The van der Waals surface area contributed by atoms with Crippen molar-refractivity contribution >= 4 is 23.2 Å². The number of nitrogens with one attached hydrogen (secondary N) is 1. The van der Waals surface area contributed by atoms with Gasteiger partial charge < -0.3 is 9.88 Å². The Kier molecular flexibility index (Phi) is 3.08. The van der Waals surface area contributed by atoms with Crippen molar-refractivity contribution in [3.63, 3.8) is 0 Å². The smallest absolute Gasteiger partial charge is 0.243 e. The van der Waals surface area contributed by atoms with E-state index in [1.165, 1.54) is 0 Å². The van der Waals surface area contributed by atoms with Gasteiger partial charge in [-0.25, -0.2) is 9.50 Å². The third-order valence-electron chi connectivity index (χ3n) is 2.71. The summed E-state index contributed by atoms with van der Waals surface area (Å²) in [5.74, 6) is 0.592. The normalized spacial score (nSPS) is 12.7. The highest BCUT2D eigenvalue weighted by molar-refractivity contribution is 6.30. The molecule has 0 aliphatic carbocycles. The Morgan fingerprint density at radius 2 is 2.32 bits per heavy atom. The van der Waals surface area contributed by atoms with Gasteiger partial charge in [-0.2, -0.15) is 4.98 Å². The van der Waals surface area contributed by atoms with Crippen molar-refractivity contribution in [2.45, 2.75) is 19.5 Å². The zero-order valence-electron chi connectivity index (χ0n) is 10.4. The summed E-state index contributed by atoms with van der Waals surface area (Å²) in [7, 11) is 0. The van der Waals surface area contributed by atoms with Crippen LogP contribution < -0.4 is 5.32 Å². The maximum Gasteiger partial charge on any atom is 0.243 e. The molecule has 3 rings (SSSR count). The molecule has 0 aliphatic heterocycles. The van der Waals surface area contributed by atoms with E-state index in [4.69, 9.17) is 11.6 Å². The van der Waals surface area contributed by atoms with Crippen LogP contribution >= 0.6 is 11.6 Å². The lowest BCUT2D eigenvalue weighted by atomic mass is 10.3. The van der Waals surface area contributed by atoms with Crippen molar-refractivity contribution in [2.24, 2.45) is 0 Å². The molecule has 1 atom stereocenters. The Morgan fingerprint density at radius 3 is 3.11 bits per heavy atom. The first-order chi connectivity index (χ1) is 9.20. The van der Waals surface area contributed by atoms with Gasteiger partial charge >= 0.3 is 0 Å². The van der Waals surface area contributed by atoms with E-state index in [9.17, 15) is 0 Å². The molecule has 0 amide bonds. The first kappa shape index (κ1) is 12.0. The second kappa shape index (κ2) is 4.89. The molecule has 6 nitrogen and oxygen atoms in total. The molecular formula is C12H13ClN6. The second-order valence-electron chi connectivity index (χ2n) is 4.39. The Bertz CT molecular complexity index is 675. The first-order valence-corrected chi connectivity index (χ1v) is 6.33. The molecule has 19 heavy (non-hydrogen) atoms. The Balaban J connectivity index is 1.74. The first-order valence-electron chi connectivity index (χ1n) is 5.95. The van der Waals surface area contributed by atoms with Crippen LogP contribution in [0, 0.1) is 0 Å². The summed E-state index contributed by atoms with van der Waals surface area (Å²) < 4.78 is 3.67. The third-order valence-corrected chi connectivity index (χ3v) is 2.94. The minimum Gasteiger partial charge on any atom is -0.349 e. The molecule has 7 heteroatoms. The number of rotatable bonds is 4. The Morgan fingerprint density at radius 1 is 1.42 bits per heavy atom. The number of aromatic nitrogens is 5. The molecule has 0 fully saturated rings. The molecule has 0 aromatic carbocycles. The SMILES string of the molecule is CC(Cn1ccnc1)Nc1nc2ccc(Cl)cn2n1. The fourth-order valence-electron chi connectivity index (χ4n) is 1.90. The van der Waals surface area contributed by atoms with Gasteiger partial charge in [-0.3, -0.25) is 0 Å². The van der Waals surface area contributed by atoms with E-state index in [-0.39, 0.29) is 6.04 Å². The number of nitrogens with zero attached hydrogens (tertiary/aromatic N) is 5. The molecule has 98 valence electrons. The minimum absolute atomic E-state index is 0.196. The zero-order valence-corrected chi connectivity index (χ0v) is 11.1. The fourth-order valence-corrected chi connectivity index (χ4v) is 2.05. The number of fused-ring (bicyclic) bond motifs is 1. The highest BCUT2D eigenvalue weighted by Gasteiger charge is 2.08. The summed E-state index contributed by atoms with van der Waals surface area (Å²) in [4.78, 5) is 8.39. The highest BCUT2D eigenvalue weighted by Crippen LogP contribution is 2.12. The van der Waals surface area contributed by atoms with E-state index in [0.29, 0.717) is 11.0 Å². The van der Waals surface area contributed by atoms with E-state index in [1.54, 1.807) is 29.3 Å². The molecule has 3 heterocycles. The van der Waals surface area contributed by atoms with E-state index >= 15 is 0 Å². The van der Waals surface area contributed by atoms with Crippen LogP contribution in [0.5, 0.6) is 0 Å². The monoisotopic (exact) mass is 276 g/mol. The lowest BCUT2D eigenvalue weighted by Crippen LogP contribution is -2.22. The van der Waals surface area contributed by atoms with Crippen LogP contribution in [0.25, 0.3) is 5.65 Å². The topological polar surface area (TPSA) is 60.0 Å². The molecule has 1 unspecified atom stereocenters. The van der Waals surface area contributed by atoms with Gasteiger partial charge in [0.2, 0.25) is 5.95 Å². The molecule has 3 aromatic rings. The van der Waals surface area contributed by atoms with E-state index in [0.717, 1.165) is 12.2 Å². The molecular weight excluding hydrogens is 264 g/mol. The van der Waals surface area contributed by atoms with Gasteiger partial charge in [0.05, 0.1) is 11.3 Å². The maximum atomic E-state index is 5.91. The summed E-state index contributed by atoms with van der Waals surface area (Å²) >= 11 is 5.91. The maximum absolute atomic E-state index is 5.91. The van der Waals surface area contributed by atoms with Crippen LogP contribution in [-0.2, 0) is 6.54 Å². The fraction of sp³-hybridized carbons (Fsp3) is 0.250. The summed E-state index contributed by atoms with van der Waals surface area (Å²) in [6, 6.07) is 3.83. The Hall–Kier alpha value is -2.08. The van der Waals surface area contributed by atoms with Gasteiger partial charge in [0.15, 0.2) is 5.65 Å². The lowest BCUT2D eigenvalue weighted by molar-refractivity contribution is 0.615. The van der Waals surface area contributed by atoms with Crippen LogP contribution in [0.4, 0.5) is 5.95 Å². The van der Waals surface area contributed by atoms with Crippen molar-refractivity contribution in [2.75, 3.05) is 5.32 Å². The van der Waals surface area contributed by atoms with E-state index in [1.807, 2.05) is 16.8 Å². The average molecular weight is 277 g/mol. The van der Waals surface area contributed by atoms with Gasteiger partial charge in [-0.1, -0.05) is 11.6 Å². The average Bonchev–Trinajstić information content (AvgIpc) is 2.97. The number of pyridine rings is 1. The summed E-state index contributed by atoms with van der Waals surface area (Å²) in [6.07, 6.45) is 7.21. The summed E-state index contributed by atoms with van der Waals surface area (Å²) in [6.45, 7) is 2.87. The van der Waals surface area contributed by atoms with Crippen LogP contribution in [0.2, 0.25) is 5.02 Å². The number of halogens is 1. The minimum atomic E-state index is 0.196. The van der Waals surface area contributed by atoms with E-state index < -0.39 is 0 Å². The Labute approximate surface area is 115 Å². The molecule has 0 saturated heterocycles. The predicted octanol–water partition coefficient (Wildman–Crippen LogP) is 2.08. The van der Waals surface area contributed by atoms with Crippen LogP contribution in [0.1, 0.15) is 6.92 Å². The summed E-state index contributed by atoms with van der Waals surface area (Å²) in [5, 5.41) is 8.22.